The Labute approximate surface area is 72.7 Å². The van der Waals surface area contributed by atoms with Gasteiger partial charge in [0.15, 0.2) is 0 Å². The van der Waals surface area contributed by atoms with Crippen molar-refractivity contribution in [1.29, 1.82) is 0 Å². The van der Waals surface area contributed by atoms with Crippen LogP contribution in [0.4, 0.5) is 4.39 Å². The second-order valence-electron chi connectivity index (χ2n) is 3.97. The topological polar surface area (TPSA) is 12.5 Å². The monoisotopic (exact) mass is 173 g/mol. The molecule has 70 valence electrons. The van der Waals surface area contributed by atoms with Crippen LogP contribution < -0.4 is 0 Å². The average Bonchev–Trinajstić information content (AvgIpc) is 1.93. The molecule has 2 atom stereocenters. The number of ether oxygens (including phenoxy) is 1. The molecule has 0 aliphatic carbocycles. The summed E-state index contributed by atoms with van der Waals surface area (Å²) in [7, 11) is 0. The fourth-order valence-electron chi connectivity index (χ4n) is 1.81. The van der Waals surface area contributed by atoms with Crippen molar-refractivity contribution in [3.8, 4) is 0 Å². The number of rotatable bonds is 1. The lowest BCUT2D eigenvalue weighted by Crippen LogP contribution is -2.54. The number of nitrogens with zero attached hydrogens (tertiary/aromatic N) is 1. The van der Waals surface area contributed by atoms with Crippen molar-refractivity contribution >= 4 is 0 Å². The molecule has 3 heteroatoms. The Morgan fingerprint density at radius 1 is 1.42 bits per heavy atom. The summed E-state index contributed by atoms with van der Waals surface area (Å²) in [5.74, 6) is 0.252. The SMILES string of the molecule is C[C@H]1CCN(C2COC2)C[C@H]1F. The molecule has 2 heterocycles. The summed E-state index contributed by atoms with van der Waals surface area (Å²) in [6, 6.07) is 0.510. The van der Waals surface area contributed by atoms with Gasteiger partial charge in [-0.25, -0.2) is 4.39 Å². The molecule has 0 N–H and O–H groups in total. The maximum Gasteiger partial charge on any atom is 0.115 e. The Hall–Kier alpha value is -0.150. The van der Waals surface area contributed by atoms with Crippen LogP contribution in [0.25, 0.3) is 0 Å². The Balaban J connectivity index is 1.84. The molecule has 0 radical (unpaired) electrons. The molecule has 2 nitrogen and oxygen atoms in total. The molecule has 2 fully saturated rings. The fourth-order valence-corrected chi connectivity index (χ4v) is 1.81. The zero-order valence-electron chi connectivity index (χ0n) is 7.50. The van der Waals surface area contributed by atoms with Crippen LogP contribution in [0.2, 0.25) is 0 Å². The van der Waals surface area contributed by atoms with E-state index in [0.717, 1.165) is 26.2 Å². The normalized spacial score (nSPS) is 39.5. The maximum absolute atomic E-state index is 13.3. The highest BCUT2D eigenvalue weighted by molar-refractivity contribution is 4.85. The quantitative estimate of drug-likeness (QED) is 0.588. The van der Waals surface area contributed by atoms with Crippen molar-refractivity contribution in [2.45, 2.75) is 25.6 Å². The van der Waals surface area contributed by atoms with Crippen LogP contribution in [0.1, 0.15) is 13.3 Å². The Morgan fingerprint density at radius 2 is 2.17 bits per heavy atom. The minimum atomic E-state index is -0.626. The van der Waals surface area contributed by atoms with Crippen LogP contribution >= 0.6 is 0 Å². The van der Waals surface area contributed by atoms with Crippen molar-refractivity contribution in [2.75, 3.05) is 26.3 Å². The summed E-state index contributed by atoms with van der Waals surface area (Å²) in [5, 5.41) is 0. The number of halogens is 1. The zero-order valence-corrected chi connectivity index (χ0v) is 7.50. The predicted molar refractivity (Wildman–Crippen MR) is 44.9 cm³/mol. The van der Waals surface area contributed by atoms with E-state index < -0.39 is 6.17 Å². The first kappa shape index (κ1) is 8.45. The number of likely N-dealkylation sites (tertiary alicyclic amines) is 1. The van der Waals surface area contributed by atoms with Gasteiger partial charge in [-0.15, -0.1) is 0 Å². The van der Waals surface area contributed by atoms with Crippen molar-refractivity contribution in [2.24, 2.45) is 5.92 Å². The minimum Gasteiger partial charge on any atom is -0.378 e. The van der Waals surface area contributed by atoms with Gasteiger partial charge in [-0.05, 0) is 18.9 Å². The Kier molecular flexibility index (Phi) is 2.33. The van der Waals surface area contributed by atoms with Gasteiger partial charge in [-0.1, -0.05) is 6.92 Å². The van der Waals surface area contributed by atoms with Crippen LogP contribution in [0, 0.1) is 5.92 Å². The fraction of sp³-hybridized carbons (Fsp3) is 1.00. The summed E-state index contributed by atoms with van der Waals surface area (Å²) in [4.78, 5) is 2.23. The van der Waals surface area contributed by atoms with E-state index in [1.165, 1.54) is 0 Å². The second kappa shape index (κ2) is 3.30. The lowest BCUT2D eigenvalue weighted by molar-refractivity contribution is -0.0841. The van der Waals surface area contributed by atoms with Crippen LogP contribution in [0.15, 0.2) is 0 Å². The number of piperidine rings is 1. The molecule has 2 saturated heterocycles. The molecule has 0 unspecified atom stereocenters. The van der Waals surface area contributed by atoms with Crippen molar-refractivity contribution in [3.63, 3.8) is 0 Å². The van der Waals surface area contributed by atoms with Crippen molar-refractivity contribution < 1.29 is 9.13 Å². The molecule has 2 aliphatic rings. The molecule has 0 aromatic heterocycles. The van der Waals surface area contributed by atoms with Gasteiger partial charge in [-0.3, -0.25) is 4.90 Å². The van der Waals surface area contributed by atoms with E-state index in [9.17, 15) is 4.39 Å². The third-order valence-electron chi connectivity index (χ3n) is 3.03. The lowest BCUT2D eigenvalue weighted by atomic mass is 9.96. The summed E-state index contributed by atoms with van der Waals surface area (Å²) in [6.07, 6.45) is 0.372. The number of hydrogen-bond donors (Lipinski definition) is 0. The van der Waals surface area contributed by atoms with Crippen molar-refractivity contribution in [1.82, 2.24) is 4.90 Å². The predicted octanol–water partition coefficient (Wildman–Crippen LogP) is 1.07. The third-order valence-corrected chi connectivity index (χ3v) is 3.03. The molecule has 2 aliphatic heterocycles. The highest BCUT2D eigenvalue weighted by atomic mass is 19.1. The summed E-state index contributed by atoms with van der Waals surface area (Å²) in [6.45, 7) is 5.28. The van der Waals surface area contributed by atoms with E-state index in [-0.39, 0.29) is 5.92 Å². The highest BCUT2D eigenvalue weighted by Gasteiger charge is 2.33. The van der Waals surface area contributed by atoms with E-state index in [0.29, 0.717) is 12.6 Å². The van der Waals surface area contributed by atoms with E-state index in [2.05, 4.69) is 4.90 Å². The van der Waals surface area contributed by atoms with Gasteiger partial charge >= 0.3 is 0 Å². The molecule has 2 rings (SSSR count). The van der Waals surface area contributed by atoms with E-state index in [1.807, 2.05) is 6.92 Å². The number of alkyl halides is 1. The van der Waals surface area contributed by atoms with Gasteiger partial charge in [0.2, 0.25) is 0 Å². The molecule has 0 spiro atoms. The van der Waals surface area contributed by atoms with Gasteiger partial charge in [0.05, 0.1) is 19.3 Å². The summed E-state index contributed by atoms with van der Waals surface area (Å²) < 4.78 is 18.4. The van der Waals surface area contributed by atoms with E-state index in [1.54, 1.807) is 0 Å². The van der Waals surface area contributed by atoms with Gasteiger partial charge in [0, 0.05) is 6.54 Å². The summed E-state index contributed by atoms with van der Waals surface area (Å²) in [5.41, 5.74) is 0. The standard InChI is InChI=1S/C9H16FNO/c1-7-2-3-11(4-9(7)10)8-5-12-6-8/h7-9H,2-6H2,1H3/t7-,9+/m0/s1. The largest absolute Gasteiger partial charge is 0.378 e. The molecular weight excluding hydrogens is 157 g/mol. The number of hydrogen-bond acceptors (Lipinski definition) is 2. The second-order valence-corrected chi connectivity index (χ2v) is 3.97. The van der Waals surface area contributed by atoms with Crippen molar-refractivity contribution in [3.05, 3.63) is 0 Å². The molecule has 0 bridgehead atoms. The third kappa shape index (κ3) is 1.48. The molecule has 0 saturated carbocycles. The smallest absolute Gasteiger partial charge is 0.115 e. The first-order chi connectivity index (χ1) is 5.77. The molecule has 0 aromatic carbocycles. The molecule has 0 amide bonds. The maximum atomic E-state index is 13.3. The van der Waals surface area contributed by atoms with E-state index >= 15 is 0 Å². The molecular formula is C9H16FNO. The zero-order chi connectivity index (χ0) is 8.55. The first-order valence-corrected chi connectivity index (χ1v) is 4.73. The highest BCUT2D eigenvalue weighted by Crippen LogP contribution is 2.23. The minimum absolute atomic E-state index is 0.252. The Morgan fingerprint density at radius 3 is 2.67 bits per heavy atom. The van der Waals surface area contributed by atoms with Crippen LogP contribution in [-0.2, 0) is 4.74 Å². The lowest BCUT2D eigenvalue weighted by Gasteiger charge is -2.42. The van der Waals surface area contributed by atoms with Crippen LogP contribution in [-0.4, -0.2) is 43.4 Å². The first-order valence-electron chi connectivity index (χ1n) is 4.73. The Bertz CT molecular complexity index is 161. The van der Waals surface area contributed by atoms with Crippen LogP contribution in [0.3, 0.4) is 0 Å². The molecule has 12 heavy (non-hydrogen) atoms. The summed E-state index contributed by atoms with van der Waals surface area (Å²) >= 11 is 0. The average molecular weight is 173 g/mol. The molecule has 0 aromatic rings. The van der Waals surface area contributed by atoms with Crippen LogP contribution in [0.5, 0.6) is 0 Å². The van der Waals surface area contributed by atoms with Gasteiger partial charge in [0.25, 0.3) is 0 Å². The van der Waals surface area contributed by atoms with Gasteiger partial charge < -0.3 is 4.74 Å². The van der Waals surface area contributed by atoms with Gasteiger partial charge in [0.1, 0.15) is 6.17 Å². The van der Waals surface area contributed by atoms with E-state index in [4.69, 9.17) is 4.74 Å². The van der Waals surface area contributed by atoms with Gasteiger partial charge in [-0.2, -0.15) is 0 Å².